The molecule has 0 aliphatic carbocycles. The summed E-state index contributed by atoms with van der Waals surface area (Å²) in [5.41, 5.74) is 2.68. The number of hydrogen-bond acceptors (Lipinski definition) is 7. The molecule has 4 aromatic heterocycles. The van der Waals surface area contributed by atoms with Crippen LogP contribution >= 0.6 is 11.3 Å². The van der Waals surface area contributed by atoms with Crippen molar-refractivity contribution in [3.63, 3.8) is 0 Å². The number of aryl methyl sites for hydroxylation is 3. The van der Waals surface area contributed by atoms with Gasteiger partial charge in [-0.3, -0.25) is 9.38 Å². The molecular weight excluding hydrogens is 312 g/mol. The Balaban J connectivity index is 1.46. The first-order valence-corrected chi connectivity index (χ1v) is 8.18. The lowest BCUT2D eigenvalue weighted by atomic mass is 10.2. The Morgan fingerprint density at radius 1 is 1.22 bits per heavy atom. The first-order chi connectivity index (χ1) is 11.3. The Kier molecular flexibility index (Phi) is 3.58. The van der Waals surface area contributed by atoms with E-state index in [1.807, 2.05) is 17.5 Å². The molecule has 0 saturated heterocycles. The van der Waals surface area contributed by atoms with Crippen LogP contribution in [0, 0.1) is 6.92 Å². The van der Waals surface area contributed by atoms with Crippen LogP contribution in [0.15, 0.2) is 34.7 Å². The standard InChI is InChI=1S/C15H14N6OS/c1-10-18-11(9-23-10)3-2-4-14-19-15(20-22-14)12-7-17-13-8-16-5-6-21(12)13/h5-9H,2-4H2,1H3. The number of hydrogen-bond donors (Lipinski definition) is 0. The van der Waals surface area contributed by atoms with Crippen LogP contribution in [0.2, 0.25) is 0 Å². The second-order valence-corrected chi connectivity index (χ2v) is 6.23. The first-order valence-electron chi connectivity index (χ1n) is 7.30. The van der Waals surface area contributed by atoms with Crippen molar-refractivity contribution < 1.29 is 4.52 Å². The molecule has 0 atom stereocenters. The number of nitrogens with zero attached hydrogens (tertiary/aromatic N) is 6. The zero-order valence-corrected chi connectivity index (χ0v) is 13.3. The van der Waals surface area contributed by atoms with Gasteiger partial charge in [-0.25, -0.2) is 9.97 Å². The number of fused-ring (bicyclic) bond motifs is 1. The van der Waals surface area contributed by atoms with Gasteiger partial charge >= 0.3 is 0 Å². The minimum atomic E-state index is 0.545. The normalized spacial score (nSPS) is 11.3. The minimum absolute atomic E-state index is 0.545. The third-order valence-electron chi connectivity index (χ3n) is 3.50. The number of rotatable bonds is 5. The summed E-state index contributed by atoms with van der Waals surface area (Å²) in [6.45, 7) is 2.02. The summed E-state index contributed by atoms with van der Waals surface area (Å²) in [5, 5.41) is 7.26. The number of thiazole rings is 1. The molecule has 4 heterocycles. The van der Waals surface area contributed by atoms with Crippen LogP contribution in [0.5, 0.6) is 0 Å². The highest BCUT2D eigenvalue weighted by Gasteiger charge is 2.13. The molecule has 0 fully saturated rings. The maximum absolute atomic E-state index is 5.34. The van der Waals surface area contributed by atoms with Gasteiger partial charge in [0.1, 0.15) is 5.69 Å². The van der Waals surface area contributed by atoms with E-state index in [1.54, 1.807) is 29.9 Å². The highest BCUT2D eigenvalue weighted by molar-refractivity contribution is 7.09. The van der Waals surface area contributed by atoms with Crippen molar-refractivity contribution in [3.8, 4) is 11.5 Å². The molecule has 8 heteroatoms. The Hall–Kier alpha value is -2.61. The van der Waals surface area contributed by atoms with E-state index in [-0.39, 0.29) is 0 Å². The van der Waals surface area contributed by atoms with Crippen molar-refractivity contribution in [1.82, 2.24) is 29.5 Å². The van der Waals surface area contributed by atoms with Gasteiger partial charge in [0, 0.05) is 24.2 Å². The highest BCUT2D eigenvalue weighted by Crippen LogP contribution is 2.18. The molecule has 0 aliphatic heterocycles. The van der Waals surface area contributed by atoms with Gasteiger partial charge < -0.3 is 4.52 Å². The SMILES string of the molecule is Cc1nc(CCCc2nc(-c3cnc4cnccn34)no2)cs1. The van der Waals surface area contributed by atoms with Crippen LogP contribution in [0.1, 0.15) is 23.0 Å². The highest BCUT2D eigenvalue weighted by atomic mass is 32.1. The van der Waals surface area contributed by atoms with Gasteiger partial charge in [0.2, 0.25) is 11.7 Å². The van der Waals surface area contributed by atoms with Crippen LogP contribution in [0.3, 0.4) is 0 Å². The quantitative estimate of drug-likeness (QED) is 0.561. The van der Waals surface area contributed by atoms with E-state index < -0.39 is 0 Å². The van der Waals surface area contributed by atoms with Crippen molar-refractivity contribution in [2.45, 2.75) is 26.2 Å². The third-order valence-corrected chi connectivity index (χ3v) is 4.33. The molecule has 0 aromatic carbocycles. The van der Waals surface area contributed by atoms with Gasteiger partial charge in [-0.15, -0.1) is 11.3 Å². The minimum Gasteiger partial charge on any atom is -0.339 e. The molecular formula is C15H14N6OS. The summed E-state index contributed by atoms with van der Waals surface area (Å²) >= 11 is 1.68. The summed E-state index contributed by atoms with van der Waals surface area (Å²) in [6.07, 6.45) is 9.55. The van der Waals surface area contributed by atoms with E-state index in [2.05, 4.69) is 30.5 Å². The van der Waals surface area contributed by atoms with Crippen molar-refractivity contribution >= 4 is 17.0 Å². The molecule has 4 rings (SSSR count). The Morgan fingerprint density at radius 2 is 2.17 bits per heavy atom. The second-order valence-electron chi connectivity index (χ2n) is 5.17. The Bertz CT molecular complexity index is 940. The first kappa shape index (κ1) is 14.0. The van der Waals surface area contributed by atoms with Gasteiger partial charge in [0.25, 0.3) is 0 Å². The molecule has 0 unspecified atom stereocenters. The molecule has 0 bridgehead atoms. The van der Waals surface area contributed by atoms with Crippen LogP contribution < -0.4 is 0 Å². The van der Waals surface area contributed by atoms with E-state index >= 15 is 0 Å². The summed E-state index contributed by atoms with van der Waals surface area (Å²) in [7, 11) is 0. The van der Waals surface area contributed by atoms with Crippen molar-refractivity contribution in [1.29, 1.82) is 0 Å². The van der Waals surface area contributed by atoms with E-state index in [1.165, 1.54) is 0 Å². The van der Waals surface area contributed by atoms with Crippen LogP contribution in [-0.4, -0.2) is 29.5 Å². The zero-order chi connectivity index (χ0) is 15.6. The van der Waals surface area contributed by atoms with Gasteiger partial charge in [-0.05, 0) is 19.8 Å². The predicted molar refractivity (Wildman–Crippen MR) is 85.2 cm³/mol. The van der Waals surface area contributed by atoms with Crippen LogP contribution in [-0.2, 0) is 12.8 Å². The van der Waals surface area contributed by atoms with Gasteiger partial charge in [0.15, 0.2) is 5.65 Å². The third kappa shape index (κ3) is 2.85. The molecule has 0 amide bonds. The summed E-state index contributed by atoms with van der Waals surface area (Å²) < 4.78 is 7.23. The monoisotopic (exact) mass is 326 g/mol. The molecule has 0 saturated carbocycles. The van der Waals surface area contributed by atoms with E-state index in [0.717, 1.165) is 41.3 Å². The molecule has 0 N–H and O–H groups in total. The van der Waals surface area contributed by atoms with Gasteiger partial charge in [0.05, 0.1) is 23.1 Å². The molecule has 4 aromatic rings. The van der Waals surface area contributed by atoms with Crippen molar-refractivity contribution in [2.24, 2.45) is 0 Å². The Morgan fingerprint density at radius 3 is 3.04 bits per heavy atom. The maximum atomic E-state index is 5.34. The predicted octanol–water partition coefficient (Wildman–Crippen LogP) is 2.72. The van der Waals surface area contributed by atoms with Crippen molar-refractivity contribution in [3.05, 3.63) is 46.8 Å². The molecule has 23 heavy (non-hydrogen) atoms. The molecule has 116 valence electrons. The molecule has 0 radical (unpaired) electrons. The topological polar surface area (TPSA) is 82.0 Å². The smallest absolute Gasteiger partial charge is 0.227 e. The fraction of sp³-hybridized carbons (Fsp3) is 0.267. The van der Waals surface area contributed by atoms with Crippen LogP contribution in [0.4, 0.5) is 0 Å². The van der Waals surface area contributed by atoms with Crippen LogP contribution in [0.25, 0.3) is 17.2 Å². The lowest BCUT2D eigenvalue weighted by Gasteiger charge is -1.95. The van der Waals surface area contributed by atoms with Crippen molar-refractivity contribution in [2.75, 3.05) is 0 Å². The number of aromatic nitrogens is 6. The summed E-state index contributed by atoms with van der Waals surface area (Å²) in [6, 6.07) is 0. The fourth-order valence-electron chi connectivity index (χ4n) is 2.41. The molecule has 0 spiro atoms. The summed E-state index contributed by atoms with van der Waals surface area (Å²) in [5.74, 6) is 1.18. The molecule has 7 nitrogen and oxygen atoms in total. The Labute approximate surface area is 136 Å². The van der Waals surface area contributed by atoms with E-state index in [0.29, 0.717) is 11.7 Å². The lowest BCUT2D eigenvalue weighted by Crippen LogP contribution is -1.92. The van der Waals surface area contributed by atoms with E-state index in [4.69, 9.17) is 4.52 Å². The average Bonchev–Trinajstić information content (AvgIpc) is 3.27. The maximum Gasteiger partial charge on any atom is 0.227 e. The lowest BCUT2D eigenvalue weighted by molar-refractivity contribution is 0.376. The van der Waals surface area contributed by atoms with Gasteiger partial charge in [-0.2, -0.15) is 4.98 Å². The van der Waals surface area contributed by atoms with Gasteiger partial charge in [-0.1, -0.05) is 5.16 Å². The molecule has 0 aliphatic rings. The zero-order valence-electron chi connectivity index (χ0n) is 12.5. The summed E-state index contributed by atoms with van der Waals surface area (Å²) in [4.78, 5) is 17.2. The van der Waals surface area contributed by atoms with E-state index in [9.17, 15) is 0 Å². The number of imidazole rings is 1. The fourth-order valence-corrected chi connectivity index (χ4v) is 3.06. The average molecular weight is 326 g/mol. The second kappa shape index (κ2) is 5.88. The largest absolute Gasteiger partial charge is 0.339 e.